The van der Waals surface area contributed by atoms with Gasteiger partial charge in [-0.2, -0.15) is 0 Å². The Labute approximate surface area is 186 Å². The van der Waals surface area contributed by atoms with Gasteiger partial charge in [-0.25, -0.2) is 14.3 Å². The molecule has 2 aromatic heterocycles. The first-order valence-electron chi connectivity index (χ1n) is 11.6. The Balaban J connectivity index is 1.67. The second kappa shape index (κ2) is 9.54. The molecule has 4 rings (SSSR count). The van der Waals surface area contributed by atoms with Crippen LogP contribution in [0.1, 0.15) is 63.1 Å². The standard InChI is InChI=1S/C24H31N5O3/c1-3-5-14-27-16-25-22-21(27)23(31)29(24(32)28(22)13-4-2)15-20(30)26-19-12-8-10-17-9-6-7-11-18(17)19/h6-7,9,11,16,19H,3-5,8,10,12-15H2,1-2H3,(H,26,30)/t19-/m0/s1. The molecule has 3 aromatic rings. The molecule has 0 saturated carbocycles. The summed E-state index contributed by atoms with van der Waals surface area (Å²) in [7, 11) is 0. The zero-order valence-electron chi connectivity index (χ0n) is 18.8. The summed E-state index contributed by atoms with van der Waals surface area (Å²) in [5.41, 5.74) is 2.22. The van der Waals surface area contributed by atoms with Gasteiger partial charge in [0.25, 0.3) is 5.56 Å². The number of nitrogens with one attached hydrogen (secondary N) is 1. The molecule has 1 amide bonds. The SMILES string of the molecule is CCCCn1cnc2c1c(=O)n(CC(=O)N[C@H]1CCCc3ccccc31)c(=O)n2CCC. The molecule has 0 spiro atoms. The highest BCUT2D eigenvalue weighted by Crippen LogP contribution is 2.29. The Kier molecular flexibility index (Phi) is 6.58. The largest absolute Gasteiger partial charge is 0.348 e. The minimum atomic E-state index is -0.482. The molecule has 1 aliphatic carbocycles. The lowest BCUT2D eigenvalue weighted by atomic mass is 9.88. The third-order valence-electron chi connectivity index (χ3n) is 6.19. The lowest BCUT2D eigenvalue weighted by Crippen LogP contribution is -2.45. The van der Waals surface area contributed by atoms with Crippen LogP contribution >= 0.6 is 0 Å². The first-order valence-corrected chi connectivity index (χ1v) is 11.6. The van der Waals surface area contributed by atoms with E-state index >= 15 is 0 Å². The molecular formula is C24H31N5O3. The van der Waals surface area contributed by atoms with Crippen molar-refractivity contribution in [2.24, 2.45) is 0 Å². The highest BCUT2D eigenvalue weighted by Gasteiger charge is 2.23. The van der Waals surface area contributed by atoms with Gasteiger partial charge < -0.3 is 9.88 Å². The number of carbonyl (C=O) groups excluding carboxylic acids is 1. The van der Waals surface area contributed by atoms with Crippen LogP contribution in [-0.4, -0.2) is 24.6 Å². The molecule has 0 fully saturated rings. The Hall–Kier alpha value is -3.16. The summed E-state index contributed by atoms with van der Waals surface area (Å²) >= 11 is 0. The van der Waals surface area contributed by atoms with E-state index in [1.807, 2.05) is 25.1 Å². The van der Waals surface area contributed by atoms with Crippen molar-refractivity contribution < 1.29 is 4.79 Å². The summed E-state index contributed by atoms with van der Waals surface area (Å²) in [5.74, 6) is -0.326. The predicted octanol–water partition coefficient (Wildman–Crippen LogP) is 2.76. The van der Waals surface area contributed by atoms with Crippen LogP contribution in [0.15, 0.2) is 40.2 Å². The van der Waals surface area contributed by atoms with E-state index in [1.165, 1.54) is 10.1 Å². The normalized spacial score (nSPS) is 15.6. The van der Waals surface area contributed by atoms with Crippen LogP contribution in [-0.2, 0) is 30.8 Å². The molecule has 170 valence electrons. The topological polar surface area (TPSA) is 90.9 Å². The number of unbranched alkanes of at least 4 members (excludes halogenated alkanes) is 1. The van der Waals surface area contributed by atoms with E-state index in [2.05, 4.69) is 23.3 Å². The third-order valence-corrected chi connectivity index (χ3v) is 6.19. The molecule has 0 bridgehead atoms. The first kappa shape index (κ1) is 22.0. The van der Waals surface area contributed by atoms with Crippen LogP contribution in [0, 0.1) is 0 Å². The maximum atomic E-state index is 13.3. The van der Waals surface area contributed by atoms with Crippen molar-refractivity contribution in [2.75, 3.05) is 0 Å². The van der Waals surface area contributed by atoms with E-state index in [9.17, 15) is 14.4 Å². The molecule has 1 atom stereocenters. The van der Waals surface area contributed by atoms with Gasteiger partial charge in [0.05, 0.1) is 12.4 Å². The first-order chi connectivity index (χ1) is 15.5. The van der Waals surface area contributed by atoms with Crippen LogP contribution in [0.2, 0.25) is 0 Å². The summed E-state index contributed by atoms with van der Waals surface area (Å²) in [4.78, 5) is 43.7. The zero-order valence-corrected chi connectivity index (χ0v) is 18.8. The van der Waals surface area contributed by atoms with Gasteiger partial charge in [-0.3, -0.25) is 14.2 Å². The number of rotatable bonds is 8. The highest BCUT2D eigenvalue weighted by atomic mass is 16.2. The van der Waals surface area contributed by atoms with Crippen LogP contribution < -0.4 is 16.6 Å². The highest BCUT2D eigenvalue weighted by molar-refractivity contribution is 5.77. The number of aryl methyl sites for hydroxylation is 3. The average Bonchev–Trinajstić information content (AvgIpc) is 3.22. The lowest BCUT2D eigenvalue weighted by molar-refractivity contribution is -0.122. The van der Waals surface area contributed by atoms with Gasteiger partial charge in [-0.05, 0) is 43.2 Å². The van der Waals surface area contributed by atoms with Gasteiger partial charge in [0, 0.05) is 13.1 Å². The van der Waals surface area contributed by atoms with E-state index in [4.69, 9.17) is 0 Å². The maximum Gasteiger partial charge on any atom is 0.333 e. The lowest BCUT2D eigenvalue weighted by Gasteiger charge is -2.26. The second-order valence-electron chi connectivity index (χ2n) is 8.50. The van der Waals surface area contributed by atoms with Crippen molar-refractivity contribution in [3.63, 3.8) is 0 Å². The van der Waals surface area contributed by atoms with Gasteiger partial charge in [-0.1, -0.05) is 44.5 Å². The van der Waals surface area contributed by atoms with Gasteiger partial charge in [-0.15, -0.1) is 0 Å². The van der Waals surface area contributed by atoms with E-state index in [-0.39, 0.29) is 18.5 Å². The van der Waals surface area contributed by atoms with Crippen molar-refractivity contribution in [1.29, 1.82) is 0 Å². The van der Waals surface area contributed by atoms with E-state index in [0.717, 1.165) is 48.7 Å². The fourth-order valence-electron chi connectivity index (χ4n) is 4.59. The number of benzene rings is 1. The summed E-state index contributed by atoms with van der Waals surface area (Å²) in [5, 5.41) is 3.05. The third kappa shape index (κ3) is 4.13. The minimum Gasteiger partial charge on any atom is -0.348 e. The van der Waals surface area contributed by atoms with E-state index in [1.54, 1.807) is 10.9 Å². The number of hydrogen-bond acceptors (Lipinski definition) is 4. The molecule has 8 nitrogen and oxygen atoms in total. The van der Waals surface area contributed by atoms with Gasteiger partial charge in [0.15, 0.2) is 11.2 Å². The van der Waals surface area contributed by atoms with Crippen molar-refractivity contribution in [3.05, 3.63) is 62.6 Å². The predicted molar refractivity (Wildman–Crippen MR) is 124 cm³/mol. The number of aromatic nitrogens is 4. The molecule has 0 saturated heterocycles. The molecule has 0 aliphatic heterocycles. The quantitative estimate of drug-likeness (QED) is 0.587. The summed E-state index contributed by atoms with van der Waals surface area (Å²) in [6.07, 6.45) is 7.07. The number of fused-ring (bicyclic) bond motifs is 2. The number of imidazole rings is 1. The van der Waals surface area contributed by atoms with E-state index < -0.39 is 11.2 Å². The maximum absolute atomic E-state index is 13.3. The van der Waals surface area contributed by atoms with Crippen molar-refractivity contribution >= 4 is 17.1 Å². The van der Waals surface area contributed by atoms with Crippen molar-refractivity contribution in [2.45, 2.75) is 78.0 Å². The number of nitrogens with zero attached hydrogens (tertiary/aromatic N) is 4. The molecule has 0 radical (unpaired) electrons. The van der Waals surface area contributed by atoms with Crippen LogP contribution in [0.3, 0.4) is 0 Å². The molecule has 2 heterocycles. The zero-order chi connectivity index (χ0) is 22.7. The monoisotopic (exact) mass is 437 g/mol. The second-order valence-corrected chi connectivity index (χ2v) is 8.50. The molecule has 32 heavy (non-hydrogen) atoms. The van der Waals surface area contributed by atoms with E-state index in [0.29, 0.717) is 24.3 Å². The van der Waals surface area contributed by atoms with Crippen molar-refractivity contribution in [3.8, 4) is 0 Å². The fourth-order valence-corrected chi connectivity index (χ4v) is 4.59. The smallest absolute Gasteiger partial charge is 0.333 e. The number of carbonyl (C=O) groups is 1. The van der Waals surface area contributed by atoms with Gasteiger partial charge in [0.2, 0.25) is 5.91 Å². The van der Waals surface area contributed by atoms with Gasteiger partial charge >= 0.3 is 5.69 Å². The Morgan fingerprint density at radius 2 is 1.94 bits per heavy atom. The summed E-state index contributed by atoms with van der Waals surface area (Å²) < 4.78 is 4.38. The summed E-state index contributed by atoms with van der Waals surface area (Å²) in [6.45, 7) is 4.85. The Morgan fingerprint density at radius 1 is 1.12 bits per heavy atom. The van der Waals surface area contributed by atoms with Crippen molar-refractivity contribution in [1.82, 2.24) is 24.0 Å². The molecular weight excluding hydrogens is 406 g/mol. The number of amides is 1. The molecule has 1 N–H and O–H groups in total. The molecule has 1 aromatic carbocycles. The average molecular weight is 438 g/mol. The number of hydrogen-bond donors (Lipinski definition) is 1. The Bertz CT molecular complexity index is 1240. The Morgan fingerprint density at radius 3 is 2.72 bits per heavy atom. The molecule has 8 heteroatoms. The van der Waals surface area contributed by atoms with Gasteiger partial charge in [0.1, 0.15) is 6.54 Å². The van der Waals surface area contributed by atoms with Crippen LogP contribution in [0.25, 0.3) is 11.2 Å². The molecule has 1 aliphatic rings. The molecule has 0 unspecified atom stereocenters. The minimum absolute atomic E-state index is 0.0974. The summed E-state index contributed by atoms with van der Waals surface area (Å²) in [6, 6.07) is 8.02. The van der Waals surface area contributed by atoms with Crippen LogP contribution in [0.5, 0.6) is 0 Å². The fraction of sp³-hybridized carbons (Fsp3) is 0.500. The van der Waals surface area contributed by atoms with Crippen LogP contribution in [0.4, 0.5) is 0 Å².